The fourth-order valence-corrected chi connectivity index (χ4v) is 4.02. The zero-order chi connectivity index (χ0) is 24.5. The number of Topliss-reactive ketones (excluding diaryl/α,β-unsaturated/α-hetero) is 1. The average Bonchev–Trinajstić information content (AvgIpc) is 3.05. The molecule has 1 aromatic heterocycles. The molecule has 1 unspecified atom stereocenters. The maximum Gasteiger partial charge on any atom is 0.285 e. The molecule has 4 rings (SSSR count). The van der Waals surface area contributed by atoms with Crippen LogP contribution < -0.4 is 0 Å². The molecule has 0 radical (unpaired) electrons. The van der Waals surface area contributed by atoms with E-state index in [0.717, 1.165) is 0 Å². The lowest BCUT2D eigenvalue weighted by Gasteiger charge is -2.33. The highest BCUT2D eigenvalue weighted by atomic mass is 35.5. The minimum Gasteiger partial charge on any atom is -0.386 e. The van der Waals surface area contributed by atoms with E-state index in [-0.39, 0.29) is 34.1 Å². The molecule has 1 aliphatic rings. The van der Waals surface area contributed by atoms with Crippen LogP contribution >= 0.6 is 11.6 Å². The molecule has 9 heteroatoms. The fourth-order valence-electron chi connectivity index (χ4n) is 3.89. The lowest BCUT2D eigenvalue weighted by Crippen LogP contribution is -2.45. The zero-order valence-electron chi connectivity index (χ0n) is 18.0. The molecule has 0 saturated carbocycles. The number of benzene rings is 2. The Morgan fingerprint density at radius 1 is 1.24 bits per heavy atom. The number of amides is 1. The Hall–Kier alpha value is -3.64. The van der Waals surface area contributed by atoms with Crippen molar-refractivity contribution < 1.29 is 23.9 Å². The molecule has 34 heavy (non-hydrogen) atoms. The summed E-state index contributed by atoms with van der Waals surface area (Å²) in [5, 5.41) is 19.3. The van der Waals surface area contributed by atoms with E-state index < -0.39 is 30.1 Å². The molecule has 0 aliphatic carbocycles. The van der Waals surface area contributed by atoms with E-state index in [2.05, 4.69) is 4.98 Å². The first-order valence-electron chi connectivity index (χ1n) is 10.4. The number of aliphatic hydroxyl groups excluding tert-OH is 1. The molecule has 1 amide bonds. The van der Waals surface area contributed by atoms with Crippen LogP contribution in [0.5, 0.6) is 0 Å². The third-order valence-corrected chi connectivity index (χ3v) is 5.86. The lowest BCUT2D eigenvalue weighted by atomic mass is 9.91. The number of nitrogens with zero attached hydrogens (tertiary/aromatic N) is 3. The van der Waals surface area contributed by atoms with E-state index in [1.807, 2.05) is 6.07 Å². The molecule has 0 spiro atoms. The highest BCUT2D eigenvalue weighted by Gasteiger charge is 2.54. The minimum absolute atomic E-state index is 0.0485. The van der Waals surface area contributed by atoms with Crippen LogP contribution in [-0.4, -0.2) is 39.6 Å². The van der Waals surface area contributed by atoms with Gasteiger partial charge in [0.1, 0.15) is 24.5 Å². The van der Waals surface area contributed by atoms with Gasteiger partial charge in [0.05, 0.1) is 5.56 Å². The number of nitriles is 1. The first-order chi connectivity index (χ1) is 16.3. The van der Waals surface area contributed by atoms with Crippen LogP contribution in [0.3, 0.4) is 0 Å². The average molecular weight is 480 g/mol. The predicted molar refractivity (Wildman–Crippen MR) is 121 cm³/mol. The van der Waals surface area contributed by atoms with Crippen molar-refractivity contribution in [3.63, 3.8) is 0 Å². The van der Waals surface area contributed by atoms with Crippen molar-refractivity contribution in [2.24, 2.45) is 0 Å². The van der Waals surface area contributed by atoms with E-state index in [0.29, 0.717) is 16.1 Å². The van der Waals surface area contributed by atoms with Gasteiger partial charge in [-0.1, -0.05) is 52.5 Å². The summed E-state index contributed by atoms with van der Waals surface area (Å²) in [4.78, 5) is 29.5. The van der Waals surface area contributed by atoms with Gasteiger partial charge < -0.3 is 9.84 Å². The number of carbonyl (C=O) groups is 2. The van der Waals surface area contributed by atoms with Gasteiger partial charge in [0.25, 0.3) is 5.91 Å². The van der Waals surface area contributed by atoms with Crippen LogP contribution in [0.1, 0.15) is 34.2 Å². The summed E-state index contributed by atoms with van der Waals surface area (Å²) in [7, 11) is 0. The predicted octanol–water partition coefficient (Wildman–Crippen LogP) is 3.98. The summed E-state index contributed by atoms with van der Waals surface area (Å²) in [6.07, 6.45) is -1.60. The maximum atomic E-state index is 15.8. The summed E-state index contributed by atoms with van der Waals surface area (Å²) < 4.78 is 21.6. The minimum atomic E-state index is -2.03. The molecular weight excluding hydrogens is 461 g/mol. The van der Waals surface area contributed by atoms with Gasteiger partial charge in [0, 0.05) is 22.7 Å². The molecular formula is C25H19ClFN3O4. The van der Waals surface area contributed by atoms with Gasteiger partial charge in [0.2, 0.25) is 5.72 Å². The van der Waals surface area contributed by atoms with Gasteiger partial charge in [-0.05, 0) is 42.3 Å². The van der Waals surface area contributed by atoms with E-state index >= 15 is 4.48 Å². The second-order valence-corrected chi connectivity index (χ2v) is 8.28. The summed E-state index contributed by atoms with van der Waals surface area (Å²) in [5.41, 5.74) is -0.249. The number of hydrogen-bond acceptors (Lipinski definition) is 6. The SMILES string of the molecule is CC(O)C(=O)CO[C@]1(Cc2cccc(C#N)n2)c2cccc(-c3ccc(Cl)cc3)c2C(=O)N1F. The third-order valence-electron chi connectivity index (χ3n) is 5.61. The van der Waals surface area contributed by atoms with E-state index in [4.69, 9.17) is 16.3 Å². The topological polar surface area (TPSA) is 104 Å². The Bertz CT molecular complexity index is 1310. The molecule has 1 aliphatic heterocycles. The number of rotatable bonds is 7. The van der Waals surface area contributed by atoms with Crippen molar-refractivity contribution in [3.05, 3.63) is 88.2 Å². The number of ether oxygens (including phenoxy) is 1. The van der Waals surface area contributed by atoms with Crippen LogP contribution in [0.15, 0.2) is 60.7 Å². The molecule has 2 heterocycles. The van der Waals surface area contributed by atoms with E-state index in [1.54, 1.807) is 54.6 Å². The Kier molecular flexibility index (Phi) is 6.44. The number of halogens is 2. The fraction of sp³-hybridized carbons (Fsp3) is 0.200. The zero-order valence-corrected chi connectivity index (χ0v) is 18.8. The highest BCUT2D eigenvalue weighted by molar-refractivity contribution is 6.30. The Morgan fingerprint density at radius 3 is 2.62 bits per heavy atom. The Balaban J connectivity index is 1.87. The highest BCUT2D eigenvalue weighted by Crippen LogP contribution is 2.46. The molecule has 0 fully saturated rings. The maximum absolute atomic E-state index is 15.8. The van der Waals surface area contributed by atoms with Crippen molar-refractivity contribution in [2.45, 2.75) is 25.2 Å². The number of aromatic nitrogens is 1. The van der Waals surface area contributed by atoms with Gasteiger partial charge in [-0.15, -0.1) is 5.12 Å². The van der Waals surface area contributed by atoms with Gasteiger partial charge in [0.15, 0.2) is 5.78 Å². The standard InChI is InChI=1S/C25H19ClFN3O4/c1-15(31)22(32)14-34-25(12-18-4-2-5-19(13-28)29-18)21-7-3-6-20(23(21)24(33)30(25)27)16-8-10-17(26)11-9-16/h2-11,15,31H,12,14H2,1H3/t15?,25-/m1/s1. The van der Waals surface area contributed by atoms with Crippen molar-refractivity contribution in [1.29, 1.82) is 5.26 Å². The van der Waals surface area contributed by atoms with Gasteiger partial charge in [-0.25, -0.2) is 4.98 Å². The molecule has 2 atom stereocenters. The van der Waals surface area contributed by atoms with E-state index in [9.17, 15) is 20.0 Å². The summed E-state index contributed by atoms with van der Waals surface area (Å²) >= 11 is 5.99. The van der Waals surface area contributed by atoms with Crippen molar-refractivity contribution >= 4 is 23.3 Å². The number of aliphatic hydroxyl groups is 1. The molecule has 172 valence electrons. The summed E-state index contributed by atoms with van der Waals surface area (Å²) in [6, 6.07) is 18.2. The van der Waals surface area contributed by atoms with Gasteiger partial charge in [-0.3, -0.25) is 9.59 Å². The summed E-state index contributed by atoms with van der Waals surface area (Å²) in [5.74, 6) is -1.62. The van der Waals surface area contributed by atoms with Crippen LogP contribution in [-0.2, 0) is 21.7 Å². The van der Waals surface area contributed by atoms with Crippen LogP contribution in [0.25, 0.3) is 11.1 Å². The number of ketones is 1. The molecule has 2 aromatic carbocycles. The molecule has 0 saturated heterocycles. The number of hydrogen-bond donors (Lipinski definition) is 1. The second kappa shape index (κ2) is 9.31. The lowest BCUT2D eigenvalue weighted by molar-refractivity contribution is -0.207. The van der Waals surface area contributed by atoms with Crippen molar-refractivity contribution in [1.82, 2.24) is 10.1 Å². The van der Waals surface area contributed by atoms with Crippen LogP contribution in [0.2, 0.25) is 5.02 Å². The Labute approximate surface area is 199 Å². The second-order valence-electron chi connectivity index (χ2n) is 7.84. The smallest absolute Gasteiger partial charge is 0.285 e. The van der Waals surface area contributed by atoms with Crippen molar-refractivity contribution in [3.8, 4) is 17.2 Å². The van der Waals surface area contributed by atoms with Crippen LogP contribution in [0.4, 0.5) is 4.48 Å². The Morgan fingerprint density at radius 2 is 1.94 bits per heavy atom. The summed E-state index contributed by atoms with van der Waals surface area (Å²) in [6.45, 7) is 0.629. The van der Waals surface area contributed by atoms with Crippen molar-refractivity contribution in [2.75, 3.05) is 6.61 Å². The number of pyridine rings is 1. The largest absolute Gasteiger partial charge is 0.386 e. The first-order valence-corrected chi connectivity index (χ1v) is 10.7. The van der Waals surface area contributed by atoms with Gasteiger partial charge >= 0.3 is 0 Å². The quantitative estimate of drug-likeness (QED) is 0.514. The molecule has 3 aromatic rings. The normalized spacial score (nSPS) is 17.9. The monoisotopic (exact) mass is 479 g/mol. The molecule has 1 N–H and O–H groups in total. The molecule has 0 bridgehead atoms. The van der Waals surface area contributed by atoms with E-state index in [1.165, 1.54) is 13.0 Å². The van der Waals surface area contributed by atoms with Gasteiger partial charge in [-0.2, -0.15) is 5.26 Å². The number of fused-ring (bicyclic) bond motifs is 1. The van der Waals surface area contributed by atoms with Crippen LogP contribution in [0, 0.1) is 11.3 Å². The first kappa shape index (κ1) is 23.5. The molecule has 7 nitrogen and oxygen atoms in total. The third kappa shape index (κ3) is 4.17. The number of carbonyl (C=O) groups excluding carboxylic acids is 2.